The van der Waals surface area contributed by atoms with Crippen LogP contribution in [-0.2, 0) is 11.2 Å². The van der Waals surface area contributed by atoms with Crippen LogP contribution >= 0.6 is 0 Å². The van der Waals surface area contributed by atoms with Crippen LogP contribution in [0.4, 0.5) is 0 Å². The molecule has 0 N–H and O–H groups in total. The van der Waals surface area contributed by atoms with E-state index in [-0.39, 0.29) is 18.4 Å². The van der Waals surface area contributed by atoms with Gasteiger partial charge in [-0.2, -0.15) is 0 Å². The second-order valence-corrected chi connectivity index (χ2v) is 5.85. The van der Waals surface area contributed by atoms with Gasteiger partial charge in [-0.3, -0.25) is 9.69 Å². The maximum Gasteiger partial charge on any atom is 0.254 e. The minimum atomic E-state index is 0.112. The lowest BCUT2D eigenvalue weighted by Gasteiger charge is -2.35. The Bertz CT molecular complexity index is 482. The first-order chi connectivity index (χ1) is 9.61. The van der Waals surface area contributed by atoms with Crippen molar-refractivity contribution in [3.8, 4) is 5.88 Å². The standard InChI is InChI=1S/C14H21N3O3/c1-10-4-3-5-17(10)14(18)7-11-6-13(15-20-11)19-12-8-16(2)9-12/h6,10,12H,3-5,7-9H2,1-2H3. The van der Waals surface area contributed by atoms with Crippen molar-refractivity contribution in [2.45, 2.75) is 38.3 Å². The van der Waals surface area contributed by atoms with Crippen LogP contribution in [0.25, 0.3) is 0 Å². The van der Waals surface area contributed by atoms with Crippen LogP contribution in [0.3, 0.4) is 0 Å². The molecule has 3 heterocycles. The van der Waals surface area contributed by atoms with Crippen molar-refractivity contribution in [3.05, 3.63) is 11.8 Å². The molecule has 2 aliphatic heterocycles. The number of ether oxygens (including phenoxy) is 1. The third kappa shape index (κ3) is 2.80. The zero-order valence-corrected chi connectivity index (χ0v) is 12.0. The van der Waals surface area contributed by atoms with Gasteiger partial charge in [-0.25, -0.2) is 0 Å². The molecule has 1 aromatic heterocycles. The highest BCUT2D eigenvalue weighted by Crippen LogP contribution is 2.20. The van der Waals surface area contributed by atoms with Gasteiger partial charge in [0.25, 0.3) is 5.88 Å². The summed E-state index contributed by atoms with van der Waals surface area (Å²) in [6.07, 6.45) is 2.64. The average Bonchev–Trinajstić information content (AvgIpc) is 2.96. The molecule has 2 fully saturated rings. The van der Waals surface area contributed by atoms with Crippen LogP contribution in [0.15, 0.2) is 10.6 Å². The van der Waals surface area contributed by atoms with Gasteiger partial charge in [0.15, 0.2) is 0 Å². The van der Waals surface area contributed by atoms with Crippen LogP contribution < -0.4 is 4.74 Å². The topological polar surface area (TPSA) is 58.8 Å². The summed E-state index contributed by atoms with van der Waals surface area (Å²) in [6, 6.07) is 2.07. The maximum atomic E-state index is 12.2. The minimum Gasteiger partial charge on any atom is -0.469 e. The molecular formula is C14H21N3O3. The molecule has 1 atom stereocenters. The van der Waals surface area contributed by atoms with Gasteiger partial charge >= 0.3 is 0 Å². The molecule has 0 aliphatic carbocycles. The summed E-state index contributed by atoms with van der Waals surface area (Å²) >= 11 is 0. The van der Waals surface area contributed by atoms with Gasteiger partial charge in [-0.15, -0.1) is 0 Å². The molecule has 6 nitrogen and oxygen atoms in total. The Hall–Kier alpha value is -1.56. The zero-order valence-electron chi connectivity index (χ0n) is 12.0. The molecule has 0 radical (unpaired) electrons. The van der Waals surface area contributed by atoms with Gasteiger partial charge < -0.3 is 14.2 Å². The highest BCUT2D eigenvalue weighted by Gasteiger charge is 2.28. The first-order valence-corrected chi connectivity index (χ1v) is 7.22. The maximum absolute atomic E-state index is 12.2. The average molecular weight is 279 g/mol. The van der Waals surface area contributed by atoms with E-state index < -0.39 is 0 Å². The summed E-state index contributed by atoms with van der Waals surface area (Å²) in [5.41, 5.74) is 0. The molecule has 2 aliphatic rings. The number of nitrogens with zero attached hydrogens (tertiary/aromatic N) is 3. The molecule has 20 heavy (non-hydrogen) atoms. The lowest BCUT2D eigenvalue weighted by atomic mass is 10.2. The number of carbonyl (C=O) groups excluding carboxylic acids is 1. The van der Waals surface area contributed by atoms with E-state index in [1.807, 2.05) is 11.9 Å². The zero-order chi connectivity index (χ0) is 14.1. The molecular weight excluding hydrogens is 258 g/mol. The van der Waals surface area contributed by atoms with Crippen LogP contribution in [0, 0.1) is 0 Å². The van der Waals surface area contributed by atoms with Gasteiger partial charge in [-0.05, 0) is 32.0 Å². The molecule has 1 unspecified atom stereocenters. The second kappa shape index (κ2) is 5.44. The van der Waals surface area contributed by atoms with E-state index in [0.29, 0.717) is 17.7 Å². The van der Waals surface area contributed by atoms with Gasteiger partial charge in [0.2, 0.25) is 5.91 Å². The minimum absolute atomic E-state index is 0.112. The molecule has 2 saturated heterocycles. The summed E-state index contributed by atoms with van der Waals surface area (Å²) in [6.45, 7) is 4.76. The molecule has 0 saturated carbocycles. The summed E-state index contributed by atoms with van der Waals surface area (Å²) in [5.74, 6) is 1.18. The van der Waals surface area contributed by atoms with Crippen LogP contribution in [-0.4, -0.2) is 59.7 Å². The number of rotatable bonds is 4. The lowest BCUT2D eigenvalue weighted by Crippen LogP contribution is -2.51. The first-order valence-electron chi connectivity index (χ1n) is 7.22. The first kappa shape index (κ1) is 13.4. The third-order valence-electron chi connectivity index (χ3n) is 4.05. The monoisotopic (exact) mass is 279 g/mol. The van der Waals surface area contributed by atoms with Crippen LogP contribution in [0.1, 0.15) is 25.5 Å². The fourth-order valence-electron chi connectivity index (χ4n) is 2.87. The third-order valence-corrected chi connectivity index (χ3v) is 4.05. The van der Waals surface area contributed by atoms with Crippen molar-refractivity contribution in [2.75, 3.05) is 26.7 Å². The van der Waals surface area contributed by atoms with Crippen molar-refractivity contribution in [3.63, 3.8) is 0 Å². The normalized spacial score (nSPS) is 23.9. The lowest BCUT2D eigenvalue weighted by molar-refractivity contribution is -0.131. The van der Waals surface area contributed by atoms with Crippen molar-refractivity contribution in [1.82, 2.24) is 15.0 Å². The summed E-state index contributed by atoms with van der Waals surface area (Å²) < 4.78 is 10.8. The summed E-state index contributed by atoms with van der Waals surface area (Å²) in [5, 5.41) is 3.88. The van der Waals surface area contributed by atoms with Gasteiger partial charge in [-0.1, -0.05) is 0 Å². The molecule has 0 spiro atoms. The second-order valence-electron chi connectivity index (χ2n) is 5.85. The fourth-order valence-corrected chi connectivity index (χ4v) is 2.87. The Labute approximate surface area is 118 Å². The quantitative estimate of drug-likeness (QED) is 0.820. The van der Waals surface area contributed by atoms with Crippen molar-refractivity contribution in [1.29, 1.82) is 0 Å². The van der Waals surface area contributed by atoms with E-state index in [2.05, 4.69) is 17.0 Å². The highest BCUT2D eigenvalue weighted by molar-refractivity contribution is 5.78. The molecule has 0 bridgehead atoms. The predicted molar refractivity (Wildman–Crippen MR) is 72.5 cm³/mol. The van der Waals surface area contributed by atoms with Crippen LogP contribution in [0.5, 0.6) is 5.88 Å². The number of aromatic nitrogens is 1. The number of carbonyl (C=O) groups is 1. The number of hydrogen-bond donors (Lipinski definition) is 0. The van der Waals surface area contributed by atoms with Crippen molar-refractivity contribution >= 4 is 5.91 Å². The van der Waals surface area contributed by atoms with E-state index in [9.17, 15) is 4.79 Å². The number of likely N-dealkylation sites (tertiary alicyclic amines) is 2. The largest absolute Gasteiger partial charge is 0.469 e. The SMILES string of the molecule is CC1CCCN1C(=O)Cc1cc(OC2CN(C)C2)no1. The molecule has 110 valence electrons. The van der Waals surface area contributed by atoms with Crippen molar-refractivity contribution < 1.29 is 14.1 Å². The van der Waals surface area contributed by atoms with E-state index in [1.54, 1.807) is 6.07 Å². The van der Waals surface area contributed by atoms with E-state index in [0.717, 1.165) is 32.5 Å². The Kier molecular flexibility index (Phi) is 3.65. The van der Waals surface area contributed by atoms with Gasteiger partial charge in [0, 0.05) is 31.7 Å². The van der Waals surface area contributed by atoms with E-state index in [4.69, 9.17) is 9.26 Å². The number of amides is 1. The molecule has 6 heteroatoms. The predicted octanol–water partition coefficient (Wildman–Crippen LogP) is 0.921. The van der Waals surface area contributed by atoms with Crippen LogP contribution in [0.2, 0.25) is 0 Å². The number of hydrogen-bond acceptors (Lipinski definition) is 5. The Morgan fingerprint density at radius 3 is 3.00 bits per heavy atom. The van der Waals surface area contributed by atoms with Gasteiger partial charge in [0.1, 0.15) is 11.9 Å². The molecule has 1 amide bonds. The number of likely N-dealkylation sites (N-methyl/N-ethyl adjacent to an activating group) is 1. The Morgan fingerprint density at radius 2 is 2.35 bits per heavy atom. The van der Waals surface area contributed by atoms with Gasteiger partial charge in [0.05, 0.1) is 6.42 Å². The molecule has 3 rings (SSSR count). The van der Waals surface area contributed by atoms with Crippen molar-refractivity contribution in [2.24, 2.45) is 0 Å². The molecule has 1 aromatic rings. The summed E-state index contributed by atoms with van der Waals surface area (Å²) in [4.78, 5) is 16.2. The smallest absolute Gasteiger partial charge is 0.254 e. The highest BCUT2D eigenvalue weighted by atomic mass is 16.5. The van der Waals surface area contributed by atoms with E-state index in [1.165, 1.54) is 0 Å². The Morgan fingerprint density at radius 1 is 1.55 bits per heavy atom. The van der Waals surface area contributed by atoms with E-state index >= 15 is 0 Å². The summed E-state index contributed by atoms with van der Waals surface area (Å²) in [7, 11) is 2.05. The Balaban J connectivity index is 1.53. The fraction of sp³-hybridized carbons (Fsp3) is 0.714. The molecule has 0 aromatic carbocycles.